The van der Waals surface area contributed by atoms with E-state index in [4.69, 9.17) is 0 Å². The van der Waals surface area contributed by atoms with Gasteiger partial charge in [0, 0.05) is 61.1 Å². The van der Waals surface area contributed by atoms with E-state index in [1.807, 2.05) is 16.9 Å². The van der Waals surface area contributed by atoms with E-state index in [-0.39, 0.29) is 18.0 Å². The van der Waals surface area contributed by atoms with Crippen LogP contribution in [0.15, 0.2) is 49.2 Å². The lowest BCUT2D eigenvalue weighted by Gasteiger charge is -2.53. The average Bonchev–Trinajstić information content (AvgIpc) is 3.60. The average molecular weight is 553 g/mol. The highest BCUT2D eigenvalue weighted by Crippen LogP contribution is 2.37. The fraction of sp³-hybridized carbons (Fsp3) is 0.370. The van der Waals surface area contributed by atoms with Gasteiger partial charge in [0.25, 0.3) is 5.91 Å². The molecule has 0 saturated carbocycles. The van der Waals surface area contributed by atoms with E-state index in [9.17, 15) is 27.6 Å². The number of nitrogens with zero attached hydrogens (tertiary/aromatic N) is 7. The van der Waals surface area contributed by atoms with E-state index in [0.717, 1.165) is 28.4 Å². The summed E-state index contributed by atoms with van der Waals surface area (Å²) >= 11 is 0. The van der Waals surface area contributed by atoms with Crippen molar-refractivity contribution in [1.29, 1.82) is 5.26 Å². The number of nitriles is 1. The van der Waals surface area contributed by atoms with Crippen LogP contribution in [0.25, 0.3) is 22.3 Å². The van der Waals surface area contributed by atoms with E-state index in [0.29, 0.717) is 51.2 Å². The molecule has 0 bridgehead atoms. The third-order valence-electron chi connectivity index (χ3n) is 7.84. The predicted molar refractivity (Wildman–Crippen MR) is 135 cm³/mol. The summed E-state index contributed by atoms with van der Waals surface area (Å²) < 4.78 is 54.9. The molecule has 6 rings (SSSR count). The number of H-pyrrole nitrogens is 1. The molecule has 1 aromatic carbocycles. The number of likely N-dealkylation sites (tertiary alicyclic amines) is 2. The standard InChI is InChI=1S/C27H24F4N8O/c28-20-10-17(9-19(11-20)27(29,30)31)25(40)37-7-2-21(3-8-37)38-14-26(15-38,4-5-32)39-13-18(12-36-39)23-22-1-6-33-24(22)35-16-34-23/h1,6,9-13,16,21H,2-4,7-8,14-15H2,(H,33,34,35). The van der Waals surface area contributed by atoms with E-state index in [2.05, 4.69) is 31.0 Å². The predicted octanol–water partition coefficient (Wildman–Crippen LogP) is 4.21. The van der Waals surface area contributed by atoms with E-state index in [1.54, 1.807) is 12.4 Å². The molecule has 2 aliphatic heterocycles. The molecule has 5 heterocycles. The summed E-state index contributed by atoms with van der Waals surface area (Å²) in [4.78, 5) is 28.3. The number of alkyl halides is 3. The Bertz CT molecular complexity index is 1610. The number of carbonyl (C=O) groups is 1. The highest BCUT2D eigenvalue weighted by molar-refractivity contribution is 5.94. The highest BCUT2D eigenvalue weighted by atomic mass is 19.4. The molecule has 13 heteroatoms. The van der Waals surface area contributed by atoms with Gasteiger partial charge >= 0.3 is 6.18 Å². The van der Waals surface area contributed by atoms with Crippen LogP contribution in [0, 0.1) is 17.1 Å². The van der Waals surface area contributed by atoms with Crippen molar-refractivity contribution in [1.82, 2.24) is 34.5 Å². The number of fused-ring (bicyclic) bond motifs is 1. The van der Waals surface area contributed by atoms with Crippen LogP contribution in [0.3, 0.4) is 0 Å². The zero-order valence-electron chi connectivity index (χ0n) is 21.2. The lowest BCUT2D eigenvalue weighted by Crippen LogP contribution is -2.66. The number of piperidine rings is 1. The lowest BCUT2D eigenvalue weighted by molar-refractivity contribution is -0.137. The van der Waals surface area contributed by atoms with Gasteiger partial charge in [0.05, 0.1) is 29.9 Å². The molecule has 206 valence electrons. The molecule has 0 aliphatic carbocycles. The van der Waals surface area contributed by atoms with E-state index < -0.39 is 29.0 Å². The largest absolute Gasteiger partial charge is 0.416 e. The third kappa shape index (κ3) is 4.58. The second-order valence-electron chi connectivity index (χ2n) is 10.3. The maximum absolute atomic E-state index is 13.8. The molecule has 40 heavy (non-hydrogen) atoms. The lowest BCUT2D eigenvalue weighted by atomic mass is 9.83. The van der Waals surface area contributed by atoms with Crippen molar-refractivity contribution in [3.05, 3.63) is 66.1 Å². The van der Waals surface area contributed by atoms with E-state index in [1.165, 1.54) is 11.2 Å². The van der Waals surface area contributed by atoms with Crippen LogP contribution < -0.4 is 0 Å². The van der Waals surface area contributed by atoms with Gasteiger partial charge in [-0.05, 0) is 37.1 Å². The molecule has 0 atom stereocenters. The quantitative estimate of drug-likeness (QED) is 0.372. The SMILES string of the molecule is N#CCC1(n2cc(-c3ncnc4[nH]ccc34)cn2)CN(C2CCN(C(=O)c3cc(F)cc(C(F)(F)F)c3)CC2)C1. The van der Waals surface area contributed by atoms with Gasteiger partial charge in [-0.15, -0.1) is 0 Å². The maximum Gasteiger partial charge on any atom is 0.416 e. The number of aromatic nitrogens is 5. The Balaban J connectivity index is 1.11. The first-order valence-corrected chi connectivity index (χ1v) is 12.8. The second-order valence-corrected chi connectivity index (χ2v) is 10.3. The van der Waals surface area contributed by atoms with Gasteiger partial charge in [-0.25, -0.2) is 14.4 Å². The van der Waals surface area contributed by atoms with Crippen molar-refractivity contribution in [2.24, 2.45) is 0 Å². The Morgan fingerprint density at radius 3 is 2.67 bits per heavy atom. The Kier molecular flexibility index (Phi) is 6.29. The van der Waals surface area contributed by atoms with Crippen LogP contribution in [-0.2, 0) is 11.7 Å². The van der Waals surface area contributed by atoms with Gasteiger partial charge < -0.3 is 9.88 Å². The van der Waals surface area contributed by atoms with Crippen molar-refractivity contribution >= 4 is 16.9 Å². The Morgan fingerprint density at radius 1 is 1.18 bits per heavy atom. The Hall–Kier alpha value is -4.31. The zero-order valence-corrected chi connectivity index (χ0v) is 21.2. The minimum Gasteiger partial charge on any atom is -0.346 e. The van der Waals surface area contributed by atoms with Crippen molar-refractivity contribution in [3.63, 3.8) is 0 Å². The Labute approximate surface area is 226 Å². The van der Waals surface area contributed by atoms with Crippen LogP contribution in [0.2, 0.25) is 0 Å². The molecule has 4 aromatic rings. The summed E-state index contributed by atoms with van der Waals surface area (Å²) in [6.45, 7) is 1.88. The monoisotopic (exact) mass is 552 g/mol. The van der Waals surface area contributed by atoms with Crippen LogP contribution >= 0.6 is 0 Å². The summed E-state index contributed by atoms with van der Waals surface area (Å²) in [7, 11) is 0. The minimum atomic E-state index is -4.74. The van der Waals surface area contributed by atoms with Crippen LogP contribution in [0.4, 0.5) is 17.6 Å². The first-order chi connectivity index (χ1) is 19.2. The molecule has 1 N–H and O–H groups in total. The molecular formula is C27H24F4N8O. The number of halogens is 4. The van der Waals surface area contributed by atoms with Crippen molar-refractivity contribution in [2.45, 2.75) is 37.0 Å². The smallest absolute Gasteiger partial charge is 0.346 e. The molecule has 3 aromatic heterocycles. The number of benzene rings is 1. The molecule has 2 fully saturated rings. The first kappa shape index (κ1) is 25.9. The second kappa shape index (κ2) is 9.71. The maximum atomic E-state index is 13.8. The summed E-state index contributed by atoms with van der Waals surface area (Å²) in [6.07, 6.45) is 3.69. The van der Waals surface area contributed by atoms with Gasteiger partial charge in [-0.1, -0.05) is 0 Å². The molecule has 0 spiro atoms. The van der Waals surface area contributed by atoms with E-state index >= 15 is 0 Å². The number of hydrogen-bond acceptors (Lipinski definition) is 6. The molecule has 0 radical (unpaired) electrons. The number of nitrogens with one attached hydrogen (secondary N) is 1. The number of hydrogen-bond donors (Lipinski definition) is 1. The normalized spacial score (nSPS) is 18.0. The molecule has 2 saturated heterocycles. The number of rotatable bonds is 5. The van der Waals surface area contributed by atoms with Gasteiger partial charge in [0.15, 0.2) is 0 Å². The van der Waals surface area contributed by atoms with Gasteiger partial charge in [-0.3, -0.25) is 14.4 Å². The summed E-state index contributed by atoms with van der Waals surface area (Å²) in [5.41, 5.74) is 0.304. The minimum absolute atomic E-state index is 0.144. The Morgan fingerprint density at radius 2 is 1.95 bits per heavy atom. The number of carbonyl (C=O) groups excluding carboxylic acids is 1. The van der Waals surface area contributed by atoms with Crippen LogP contribution in [0.5, 0.6) is 0 Å². The molecule has 2 aliphatic rings. The number of amides is 1. The fourth-order valence-electron chi connectivity index (χ4n) is 5.75. The van der Waals surface area contributed by atoms with Gasteiger partial charge in [-0.2, -0.15) is 23.5 Å². The van der Waals surface area contributed by atoms with Crippen LogP contribution in [0.1, 0.15) is 35.2 Å². The first-order valence-electron chi connectivity index (χ1n) is 12.8. The van der Waals surface area contributed by atoms with Crippen LogP contribution in [-0.4, -0.2) is 72.7 Å². The zero-order chi connectivity index (χ0) is 28.1. The summed E-state index contributed by atoms with van der Waals surface area (Å²) in [6, 6.07) is 6.26. The molecular weight excluding hydrogens is 528 g/mol. The highest BCUT2D eigenvalue weighted by Gasteiger charge is 2.48. The van der Waals surface area contributed by atoms with Gasteiger partial charge in [0.2, 0.25) is 0 Å². The fourth-order valence-corrected chi connectivity index (χ4v) is 5.75. The van der Waals surface area contributed by atoms with Crippen molar-refractivity contribution < 1.29 is 22.4 Å². The third-order valence-corrected chi connectivity index (χ3v) is 7.84. The summed E-state index contributed by atoms with van der Waals surface area (Å²) in [5.74, 6) is -1.71. The van der Waals surface area contributed by atoms with Gasteiger partial charge in [0.1, 0.15) is 23.3 Å². The number of aromatic amines is 1. The molecule has 9 nitrogen and oxygen atoms in total. The van der Waals surface area contributed by atoms with Crippen molar-refractivity contribution in [2.75, 3.05) is 26.2 Å². The molecule has 0 unspecified atom stereocenters. The topological polar surface area (TPSA) is 107 Å². The molecule has 1 amide bonds. The summed E-state index contributed by atoms with van der Waals surface area (Å²) in [5, 5.41) is 15.0. The van der Waals surface area contributed by atoms with Crippen molar-refractivity contribution in [3.8, 4) is 17.3 Å².